The maximum absolute atomic E-state index is 9.58. The molecule has 0 heterocycles. The van der Waals surface area contributed by atoms with Crippen molar-refractivity contribution in [3.05, 3.63) is 40.1 Å². The lowest BCUT2D eigenvalue weighted by Gasteiger charge is -2.01. The normalized spacial score (nSPS) is 14.1. The zero-order valence-electron chi connectivity index (χ0n) is 8.37. The third-order valence-corrected chi connectivity index (χ3v) is 3.80. The number of halogens is 1. The van der Waals surface area contributed by atoms with Crippen LogP contribution in [-0.4, -0.2) is 10.9 Å². The van der Waals surface area contributed by atoms with Crippen LogP contribution in [-0.2, 0) is 0 Å². The van der Waals surface area contributed by atoms with Crippen LogP contribution in [0.15, 0.2) is 45.0 Å². The molecular weight excluding hydrogens is 272 g/mol. The quantitative estimate of drug-likeness (QED) is 0.647. The molecule has 2 rings (SSSR count). The van der Waals surface area contributed by atoms with Gasteiger partial charge in [-0.3, -0.25) is 0 Å². The van der Waals surface area contributed by atoms with Crippen molar-refractivity contribution in [1.29, 1.82) is 0 Å². The highest BCUT2D eigenvalue weighted by Crippen LogP contribution is 2.32. The molecule has 0 aliphatic heterocycles. The topological polar surface area (TPSA) is 20.2 Å². The Morgan fingerprint density at radius 2 is 2.20 bits per heavy atom. The van der Waals surface area contributed by atoms with Crippen LogP contribution in [0.4, 0.5) is 0 Å². The third-order valence-electron chi connectivity index (χ3n) is 2.31. The molecule has 1 N–H and O–H groups in total. The van der Waals surface area contributed by atoms with Crippen LogP contribution in [0.1, 0.15) is 19.3 Å². The Morgan fingerprint density at radius 1 is 1.40 bits per heavy atom. The van der Waals surface area contributed by atoms with E-state index in [4.69, 9.17) is 0 Å². The van der Waals surface area contributed by atoms with Crippen LogP contribution >= 0.6 is 27.7 Å². The van der Waals surface area contributed by atoms with Crippen LogP contribution in [0.2, 0.25) is 0 Å². The summed E-state index contributed by atoms with van der Waals surface area (Å²) in [7, 11) is 0. The van der Waals surface area contributed by atoms with Gasteiger partial charge in [0.05, 0.1) is 5.76 Å². The second-order valence-corrected chi connectivity index (χ2v) is 5.69. The predicted octanol–water partition coefficient (Wildman–Crippen LogP) is 4.54. The Kier molecular flexibility index (Phi) is 3.76. The predicted molar refractivity (Wildman–Crippen MR) is 68.4 cm³/mol. The Balaban J connectivity index is 1.80. The summed E-state index contributed by atoms with van der Waals surface area (Å²) in [6, 6.07) is 8.25. The van der Waals surface area contributed by atoms with Gasteiger partial charge >= 0.3 is 0 Å². The molecule has 1 saturated carbocycles. The van der Waals surface area contributed by atoms with E-state index in [2.05, 4.69) is 28.1 Å². The van der Waals surface area contributed by atoms with Gasteiger partial charge in [0.25, 0.3) is 0 Å². The number of hydrogen-bond donors (Lipinski definition) is 1. The summed E-state index contributed by atoms with van der Waals surface area (Å²) in [5, 5.41) is 9.58. The standard InChI is InChI=1S/C12H13BrOS/c13-10-2-1-3-11(8-10)15-7-6-12(14)9-4-5-9/h1-3,8,14H,4-7H2. The van der Waals surface area contributed by atoms with E-state index in [9.17, 15) is 5.11 Å². The van der Waals surface area contributed by atoms with E-state index < -0.39 is 0 Å². The molecule has 15 heavy (non-hydrogen) atoms. The Bertz CT molecular complexity index is 381. The lowest BCUT2D eigenvalue weighted by molar-refractivity contribution is 0.393. The van der Waals surface area contributed by atoms with E-state index >= 15 is 0 Å². The zero-order chi connectivity index (χ0) is 10.7. The summed E-state index contributed by atoms with van der Waals surface area (Å²) in [5.41, 5.74) is 1.25. The van der Waals surface area contributed by atoms with E-state index in [1.165, 1.54) is 10.5 Å². The second-order valence-electron chi connectivity index (χ2n) is 3.61. The minimum absolute atomic E-state index is 0.623. The number of allylic oxidation sites excluding steroid dienone is 2. The highest BCUT2D eigenvalue weighted by molar-refractivity contribution is 9.10. The zero-order valence-corrected chi connectivity index (χ0v) is 10.8. The fraction of sp³-hybridized carbons (Fsp3) is 0.333. The molecule has 1 aromatic rings. The average Bonchev–Trinajstić information content (AvgIpc) is 3.00. The molecular formula is C12H13BrOS. The summed E-state index contributed by atoms with van der Waals surface area (Å²) in [5.74, 6) is 1.57. The van der Waals surface area contributed by atoms with Gasteiger partial charge in [0, 0.05) is 21.5 Å². The van der Waals surface area contributed by atoms with Crippen LogP contribution in [0.3, 0.4) is 0 Å². The van der Waals surface area contributed by atoms with Gasteiger partial charge in [0.15, 0.2) is 0 Å². The Labute approximate surface area is 103 Å². The second kappa shape index (κ2) is 5.08. The number of benzene rings is 1. The van der Waals surface area contributed by atoms with E-state index in [0.717, 1.165) is 29.5 Å². The number of thioether (sulfide) groups is 1. The van der Waals surface area contributed by atoms with Crippen molar-refractivity contribution in [3.8, 4) is 0 Å². The van der Waals surface area contributed by atoms with E-state index in [1.807, 2.05) is 12.1 Å². The SMILES string of the molecule is OC(CCSc1cccc(Br)c1)=C1CC1. The molecule has 0 bridgehead atoms. The van der Waals surface area contributed by atoms with Gasteiger partial charge in [-0.2, -0.15) is 0 Å². The Hall–Kier alpha value is -0.410. The van der Waals surface area contributed by atoms with Crippen molar-refractivity contribution in [2.45, 2.75) is 24.2 Å². The molecule has 1 aromatic carbocycles. The molecule has 1 fully saturated rings. The van der Waals surface area contributed by atoms with Crippen molar-refractivity contribution in [3.63, 3.8) is 0 Å². The highest BCUT2D eigenvalue weighted by Gasteiger charge is 2.16. The molecule has 0 amide bonds. The summed E-state index contributed by atoms with van der Waals surface area (Å²) in [6.45, 7) is 0. The first-order valence-electron chi connectivity index (χ1n) is 5.04. The van der Waals surface area contributed by atoms with Gasteiger partial charge in [-0.15, -0.1) is 11.8 Å². The highest BCUT2D eigenvalue weighted by atomic mass is 79.9. The minimum atomic E-state index is 0.623. The maximum atomic E-state index is 9.58. The smallest absolute Gasteiger partial charge is 0.0923 e. The van der Waals surface area contributed by atoms with Gasteiger partial charge in [-0.25, -0.2) is 0 Å². The molecule has 1 aliphatic carbocycles. The molecule has 1 nitrogen and oxygen atoms in total. The van der Waals surface area contributed by atoms with Gasteiger partial charge in [-0.1, -0.05) is 22.0 Å². The first-order valence-corrected chi connectivity index (χ1v) is 6.82. The van der Waals surface area contributed by atoms with Gasteiger partial charge in [-0.05, 0) is 36.6 Å². The number of aliphatic hydroxyl groups is 1. The van der Waals surface area contributed by atoms with Crippen LogP contribution in [0.5, 0.6) is 0 Å². The molecule has 0 aromatic heterocycles. The summed E-state index contributed by atoms with van der Waals surface area (Å²) < 4.78 is 1.11. The third kappa shape index (κ3) is 3.58. The van der Waals surface area contributed by atoms with Crippen molar-refractivity contribution in [2.24, 2.45) is 0 Å². The lowest BCUT2D eigenvalue weighted by Crippen LogP contribution is -1.85. The molecule has 0 unspecified atom stereocenters. The molecule has 0 spiro atoms. The first-order chi connectivity index (χ1) is 7.25. The molecule has 0 radical (unpaired) electrons. The minimum Gasteiger partial charge on any atom is -0.512 e. The molecule has 3 heteroatoms. The number of aliphatic hydroxyl groups excluding tert-OH is 1. The number of hydrogen-bond acceptors (Lipinski definition) is 2. The van der Waals surface area contributed by atoms with E-state index in [-0.39, 0.29) is 0 Å². The summed E-state index contributed by atoms with van der Waals surface area (Å²) >= 11 is 5.23. The van der Waals surface area contributed by atoms with Crippen molar-refractivity contribution >= 4 is 27.7 Å². The molecule has 0 saturated heterocycles. The summed E-state index contributed by atoms with van der Waals surface area (Å²) in [6.07, 6.45) is 3.01. The molecule has 1 aliphatic rings. The molecule has 80 valence electrons. The average molecular weight is 285 g/mol. The van der Waals surface area contributed by atoms with E-state index in [0.29, 0.717) is 5.76 Å². The van der Waals surface area contributed by atoms with Crippen LogP contribution in [0.25, 0.3) is 0 Å². The fourth-order valence-electron chi connectivity index (χ4n) is 1.35. The van der Waals surface area contributed by atoms with Gasteiger partial charge < -0.3 is 5.11 Å². The summed E-state index contributed by atoms with van der Waals surface area (Å²) in [4.78, 5) is 1.25. The van der Waals surface area contributed by atoms with Gasteiger partial charge in [0.2, 0.25) is 0 Å². The van der Waals surface area contributed by atoms with Crippen molar-refractivity contribution in [2.75, 3.05) is 5.75 Å². The fourth-order valence-corrected chi connectivity index (χ4v) is 2.82. The number of rotatable bonds is 4. The Morgan fingerprint density at radius 3 is 2.87 bits per heavy atom. The molecule has 0 atom stereocenters. The van der Waals surface area contributed by atoms with Crippen LogP contribution < -0.4 is 0 Å². The van der Waals surface area contributed by atoms with Gasteiger partial charge in [0.1, 0.15) is 0 Å². The monoisotopic (exact) mass is 284 g/mol. The maximum Gasteiger partial charge on any atom is 0.0923 e. The van der Waals surface area contributed by atoms with Crippen molar-refractivity contribution < 1.29 is 5.11 Å². The van der Waals surface area contributed by atoms with Crippen LogP contribution in [0, 0.1) is 0 Å². The largest absolute Gasteiger partial charge is 0.512 e. The van der Waals surface area contributed by atoms with Crippen molar-refractivity contribution in [1.82, 2.24) is 0 Å². The van der Waals surface area contributed by atoms with E-state index in [1.54, 1.807) is 11.8 Å². The first kappa shape index (κ1) is 11.1. The lowest BCUT2D eigenvalue weighted by atomic mass is 10.3.